The average Bonchev–Trinajstić information content (AvgIpc) is 2.65. The van der Waals surface area contributed by atoms with Gasteiger partial charge in [-0.1, -0.05) is 39.0 Å². The number of carbonyl (C=O) groups excluding carboxylic acids is 3. The van der Waals surface area contributed by atoms with Crippen LogP contribution in [0.15, 0.2) is 48.5 Å². The van der Waals surface area contributed by atoms with Gasteiger partial charge in [0.05, 0.1) is 6.54 Å². The van der Waals surface area contributed by atoms with Crippen molar-refractivity contribution in [3.8, 4) is 0 Å². The molecule has 0 aliphatic carbocycles. The van der Waals surface area contributed by atoms with Gasteiger partial charge in [-0.3, -0.25) is 14.4 Å². The zero-order valence-corrected chi connectivity index (χ0v) is 16.1. The average molecular weight is 367 g/mol. The van der Waals surface area contributed by atoms with Gasteiger partial charge in [-0.25, -0.2) is 0 Å². The second kappa shape index (κ2) is 8.49. The molecule has 0 saturated carbocycles. The number of carbonyl (C=O) groups is 3. The van der Waals surface area contributed by atoms with Crippen LogP contribution in [0.5, 0.6) is 0 Å². The monoisotopic (exact) mass is 367 g/mol. The Bertz CT molecular complexity index is 836. The Labute approximate surface area is 159 Å². The summed E-state index contributed by atoms with van der Waals surface area (Å²) >= 11 is 0. The molecular weight excluding hydrogens is 342 g/mol. The normalized spacial score (nSPS) is 10.8. The fraction of sp³-hybridized carbons (Fsp3) is 0.286. The van der Waals surface area contributed by atoms with Gasteiger partial charge in [0, 0.05) is 23.9 Å². The maximum absolute atomic E-state index is 12.2. The van der Waals surface area contributed by atoms with E-state index in [1.165, 1.54) is 7.05 Å². The number of benzene rings is 2. The summed E-state index contributed by atoms with van der Waals surface area (Å²) in [6.07, 6.45) is 0. The Morgan fingerprint density at radius 1 is 0.889 bits per heavy atom. The van der Waals surface area contributed by atoms with E-state index in [0.717, 1.165) is 5.56 Å². The Kier molecular flexibility index (Phi) is 6.34. The van der Waals surface area contributed by atoms with Crippen LogP contribution in [0.4, 0.5) is 5.69 Å². The van der Waals surface area contributed by atoms with Crippen LogP contribution in [0.25, 0.3) is 0 Å². The van der Waals surface area contributed by atoms with Gasteiger partial charge in [0.25, 0.3) is 11.8 Å². The minimum Gasteiger partial charge on any atom is -0.355 e. The molecule has 0 aliphatic heterocycles. The number of hydrogen-bond donors (Lipinski definition) is 3. The molecule has 2 aromatic rings. The lowest BCUT2D eigenvalue weighted by Crippen LogP contribution is -2.33. The highest BCUT2D eigenvalue weighted by molar-refractivity contribution is 6.00. The van der Waals surface area contributed by atoms with E-state index in [9.17, 15) is 14.4 Å². The van der Waals surface area contributed by atoms with Gasteiger partial charge in [-0.05, 0) is 41.3 Å². The van der Waals surface area contributed by atoms with Gasteiger partial charge in [-0.2, -0.15) is 0 Å². The lowest BCUT2D eigenvalue weighted by atomic mass is 9.87. The van der Waals surface area contributed by atoms with Crippen LogP contribution >= 0.6 is 0 Å². The van der Waals surface area contributed by atoms with Crippen molar-refractivity contribution in [3.05, 3.63) is 65.2 Å². The van der Waals surface area contributed by atoms with Crippen molar-refractivity contribution < 1.29 is 14.4 Å². The van der Waals surface area contributed by atoms with E-state index in [1.807, 2.05) is 12.1 Å². The third kappa shape index (κ3) is 5.67. The van der Waals surface area contributed by atoms with Gasteiger partial charge in [-0.15, -0.1) is 0 Å². The number of rotatable bonds is 5. The van der Waals surface area contributed by atoms with E-state index in [0.29, 0.717) is 16.8 Å². The van der Waals surface area contributed by atoms with Crippen LogP contribution in [-0.2, 0) is 10.2 Å². The third-order valence-corrected chi connectivity index (χ3v) is 4.06. The molecule has 0 aliphatic rings. The minimum atomic E-state index is -0.372. The topological polar surface area (TPSA) is 87.3 Å². The van der Waals surface area contributed by atoms with E-state index in [1.54, 1.807) is 36.4 Å². The highest BCUT2D eigenvalue weighted by atomic mass is 16.2. The Morgan fingerprint density at radius 3 is 2.15 bits per heavy atom. The molecule has 3 amide bonds. The molecule has 0 bridgehead atoms. The first-order valence-corrected chi connectivity index (χ1v) is 8.71. The zero-order valence-electron chi connectivity index (χ0n) is 16.1. The summed E-state index contributed by atoms with van der Waals surface area (Å²) in [6.45, 7) is 6.15. The zero-order chi connectivity index (χ0) is 20.0. The molecule has 6 heteroatoms. The molecule has 0 aromatic heterocycles. The summed E-state index contributed by atoms with van der Waals surface area (Å²) in [4.78, 5) is 35.9. The highest BCUT2D eigenvalue weighted by Crippen LogP contribution is 2.22. The summed E-state index contributed by atoms with van der Waals surface area (Å²) in [7, 11) is 1.54. The lowest BCUT2D eigenvalue weighted by Gasteiger charge is -2.19. The first-order chi connectivity index (χ1) is 12.7. The predicted octanol–water partition coefficient (Wildman–Crippen LogP) is 2.71. The second-order valence-electron chi connectivity index (χ2n) is 7.22. The fourth-order valence-corrected chi connectivity index (χ4v) is 2.47. The molecule has 0 radical (unpaired) electrons. The van der Waals surface area contributed by atoms with E-state index in [-0.39, 0.29) is 29.7 Å². The van der Waals surface area contributed by atoms with E-state index >= 15 is 0 Å². The molecule has 0 heterocycles. The van der Waals surface area contributed by atoms with Gasteiger partial charge in [0.2, 0.25) is 5.91 Å². The number of nitrogens with one attached hydrogen (secondary N) is 3. The van der Waals surface area contributed by atoms with Crippen molar-refractivity contribution in [2.45, 2.75) is 26.2 Å². The van der Waals surface area contributed by atoms with Gasteiger partial charge in [0.15, 0.2) is 0 Å². The van der Waals surface area contributed by atoms with Crippen molar-refractivity contribution in [1.82, 2.24) is 10.6 Å². The number of anilines is 1. The Morgan fingerprint density at radius 2 is 1.56 bits per heavy atom. The van der Waals surface area contributed by atoms with Crippen molar-refractivity contribution in [2.24, 2.45) is 0 Å². The van der Waals surface area contributed by atoms with Gasteiger partial charge in [0.1, 0.15) is 0 Å². The summed E-state index contributed by atoms with van der Waals surface area (Å²) in [6, 6.07) is 13.9. The largest absolute Gasteiger partial charge is 0.355 e. The van der Waals surface area contributed by atoms with Crippen molar-refractivity contribution in [2.75, 3.05) is 18.9 Å². The molecule has 0 unspecified atom stereocenters. The van der Waals surface area contributed by atoms with E-state index in [4.69, 9.17) is 0 Å². The second-order valence-corrected chi connectivity index (χ2v) is 7.22. The Hall–Kier alpha value is -3.15. The molecule has 0 spiro atoms. The summed E-state index contributed by atoms with van der Waals surface area (Å²) in [5.74, 6) is -0.924. The minimum absolute atomic E-state index is 0.0120. The van der Waals surface area contributed by atoms with E-state index in [2.05, 4.69) is 36.7 Å². The van der Waals surface area contributed by atoms with Crippen LogP contribution in [0.3, 0.4) is 0 Å². The smallest absolute Gasteiger partial charge is 0.251 e. The van der Waals surface area contributed by atoms with Crippen molar-refractivity contribution >= 4 is 23.4 Å². The van der Waals surface area contributed by atoms with Crippen LogP contribution < -0.4 is 16.0 Å². The Balaban J connectivity index is 1.92. The molecule has 3 N–H and O–H groups in total. The maximum Gasteiger partial charge on any atom is 0.251 e. The molecule has 0 fully saturated rings. The molecule has 2 rings (SSSR count). The van der Waals surface area contributed by atoms with E-state index < -0.39 is 0 Å². The summed E-state index contributed by atoms with van der Waals surface area (Å²) in [5, 5.41) is 7.78. The molecule has 0 atom stereocenters. The van der Waals surface area contributed by atoms with Crippen molar-refractivity contribution in [3.63, 3.8) is 0 Å². The molecule has 142 valence electrons. The maximum atomic E-state index is 12.2. The van der Waals surface area contributed by atoms with Gasteiger partial charge < -0.3 is 16.0 Å². The third-order valence-electron chi connectivity index (χ3n) is 4.06. The van der Waals surface area contributed by atoms with Crippen LogP contribution in [0.2, 0.25) is 0 Å². The first-order valence-electron chi connectivity index (χ1n) is 8.71. The summed E-state index contributed by atoms with van der Waals surface area (Å²) < 4.78 is 0. The number of amides is 3. The first kappa shape index (κ1) is 20.2. The van der Waals surface area contributed by atoms with Crippen LogP contribution in [0.1, 0.15) is 47.1 Å². The van der Waals surface area contributed by atoms with Crippen molar-refractivity contribution in [1.29, 1.82) is 0 Å². The number of hydrogen-bond acceptors (Lipinski definition) is 3. The molecular formula is C21H25N3O3. The highest BCUT2D eigenvalue weighted by Gasteiger charge is 2.15. The SMILES string of the molecule is CNC(=O)c1cccc(NC(=O)CNC(=O)c2ccc(C(C)(C)C)cc2)c1. The van der Waals surface area contributed by atoms with Crippen LogP contribution in [-0.4, -0.2) is 31.3 Å². The lowest BCUT2D eigenvalue weighted by molar-refractivity contribution is -0.115. The van der Waals surface area contributed by atoms with Crippen LogP contribution in [0, 0.1) is 0 Å². The fourth-order valence-electron chi connectivity index (χ4n) is 2.47. The predicted molar refractivity (Wildman–Crippen MR) is 106 cm³/mol. The molecule has 0 saturated heterocycles. The standard InChI is InChI=1S/C21H25N3O3/c1-21(2,3)16-10-8-14(9-11-16)20(27)23-13-18(25)24-17-7-5-6-15(12-17)19(26)22-4/h5-12H,13H2,1-4H3,(H,22,26)(H,23,27)(H,24,25). The molecule has 6 nitrogen and oxygen atoms in total. The quantitative estimate of drug-likeness (QED) is 0.759. The van der Waals surface area contributed by atoms with Gasteiger partial charge >= 0.3 is 0 Å². The molecule has 27 heavy (non-hydrogen) atoms. The molecule has 2 aromatic carbocycles. The summed E-state index contributed by atoms with van der Waals surface area (Å²) in [5.41, 5.74) is 2.58.